The Bertz CT molecular complexity index is 694. The second-order valence-electron chi connectivity index (χ2n) is 10.9. The molecule has 1 heterocycles. The van der Waals surface area contributed by atoms with Gasteiger partial charge in [-0.2, -0.15) is 0 Å². The van der Waals surface area contributed by atoms with E-state index < -0.39 is 0 Å². The van der Waals surface area contributed by atoms with E-state index in [1.54, 1.807) is 0 Å². The van der Waals surface area contributed by atoms with Crippen molar-refractivity contribution in [3.05, 3.63) is 72.9 Å². The Labute approximate surface area is 248 Å². The van der Waals surface area contributed by atoms with E-state index in [1.165, 1.54) is 51.4 Å². The van der Waals surface area contributed by atoms with E-state index in [1.807, 2.05) is 0 Å². The molecule has 1 saturated heterocycles. The minimum atomic E-state index is -0.147. The van der Waals surface area contributed by atoms with Crippen LogP contribution >= 0.6 is 0 Å². The molecule has 3 heteroatoms. The van der Waals surface area contributed by atoms with Crippen LogP contribution in [0, 0.1) is 0 Å². The van der Waals surface area contributed by atoms with Crippen LogP contribution < -0.4 is 0 Å². The third kappa shape index (κ3) is 26.5. The Kier molecular flexibility index (Phi) is 27.5. The second-order valence-corrected chi connectivity index (χ2v) is 10.9. The van der Waals surface area contributed by atoms with Gasteiger partial charge in [0.1, 0.15) is 0 Å². The van der Waals surface area contributed by atoms with Crippen LogP contribution in [0.1, 0.15) is 135 Å². The average molecular weight is 555 g/mol. The summed E-state index contributed by atoms with van der Waals surface area (Å²) < 4.78 is 11.4. The van der Waals surface area contributed by atoms with Crippen molar-refractivity contribution in [1.29, 1.82) is 0 Å². The molecule has 1 rings (SSSR count). The molecule has 0 aromatic heterocycles. The summed E-state index contributed by atoms with van der Waals surface area (Å²) in [5, 5.41) is 10.2. The first-order chi connectivity index (χ1) is 19.8. The fraction of sp³-hybridized carbons (Fsp3) is 0.676. The summed E-state index contributed by atoms with van der Waals surface area (Å²) in [6.07, 6.45) is 49.2. The predicted molar refractivity (Wildman–Crippen MR) is 175 cm³/mol. The molecule has 0 bridgehead atoms. The molecule has 1 N–H and O–H groups in total. The monoisotopic (exact) mass is 554 g/mol. The Morgan fingerprint density at radius 1 is 0.625 bits per heavy atom. The summed E-state index contributed by atoms with van der Waals surface area (Å²) >= 11 is 0. The van der Waals surface area contributed by atoms with Crippen molar-refractivity contribution in [2.24, 2.45) is 0 Å². The summed E-state index contributed by atoms with van der Waals surface area (Å²) in [5.41, 5.74) is 0. The zero-order valence-corrected chi connectivity index (χ0v) is 25.9. The van der Waals surface area contributed by atoms with Gasteiger partial charge < -0.3 is 14.6 Å². The maximum Gasteiger partial charge on any atom is 0.157 e. The molecule has 1 aliphatic heterocycles. The molecule has 1 fully saturated rings. The van der Waals surface area contributed by atoms with Gasteiger partial charge in [0.05, 0.1) is 6.10 Å². The molecular weight excluding hydrogens is 492 g/mol. The third-order valence-electron chi connectivity index (χ3n) is 7.14. The highest BCUT2D eigenvalue weighted by Crippen LogP contribution is 2.15. The molecule has 2 unspecified atom stereocenters. The predicted octanol–water partition coefficient (Wildman–Crippen LogP) is 10.9. The number of hydrogen-bond acceptors (Lipinski definition) is 3. The van der Waals surface area contributed by atoms with E-state index in [4.69, 9.17) is 9.47 Å². The van der Waals surface area contributed by atoms with Crippen LogP contribution in [0.25, 0.3) is 0 Å². The van der Waals surface area contributed by atoms with Crippen LogP contribution in [-0.2, 0) is 9.47 Å². The molecule has 40 heavy (non-hydrogen) atoms. The summed E-state index contributed by atoms with van der Waals surface area (Å²) in [4.78, 5) is 0. The van der Waals surface area contributed by atoms with Crippen molar-refractivity contribution in [1.82, 2.24) is 0 Å². The first-order valence-corrected chi connectivity index (χ1v) is 16.6. The maximum atomic E-state index is 10.2. The molecule has 0 aromatic rings. The summed E-state index contributed by atoms with van der Waals surface area (Å²) in [5.74, 6) is 0. The summed E-state index contributed by atoms with van der Waals surface area (Å²) in [7, 11) is 0. The Morgan fingerprint density at radius 2 is 1.12 bits per heavy atom. The molecule has 0 spiro atoms. The van der Waals surface area contributed by atoms with Crippen molar-refractivity contribution in [2.45, 2.75) is 148 Å². The zero-order chi connectivity index (χ0) is 28.6. The molecule has 0 aliphatic carbocycles. The van der Waals surface area contributed by atoms with Gasteiger partial charge in [-0.15, -0.1) is 0 Å². The lowest BCUT2D eigenvalue weighted by atomic mass is 10.0. The first kappa shape index (κ1) is 36.3. The van der Waals surface area contributed by atoms with Gasteiger partial charge in [-0.05, 0) is 83.5 Å². The van der Waals surface area contributed by atoms with Gasteiger partial charge >= 0.3 is 0 Å². The van der Waals surface area contributed by atoms with Gasteiger partial charge in [0, 0.05) is 13.2 Å². The van der Waals surface area contributed by atoms with Crippen LogP contribution in [0.2, 0.25) is 0 Å². The van der Waals surface area contributed by atoms with Gasteiger partial charge in [-0.1, -0.05) is 125 Å². The topological polar surface area (TPSA) is 38.7 Å². The summed E-state index contributed by atoms with van der Waals surface area (Å²) in [6.45, 7) is 3.88. The van der Waals surface area contributed by atoms with Gasteiger partial charge in [0.15, 0.2) is 6.29 Å². The normalized spacial score (nSPS) is 17.7. The van der Waals surface area contributed by atoms with Crippen LogP contribution in [0.15, 0.2) is 72.9 Å². The second kappa shape index (κ2) is 30.3. The van der Waals surface area contributed by atoms with Crippen LogP contribution in [0.4, 0.5) is 0 Å². The Morgan fingerprint density at radius 3 is 1.65 bits per heavy atom. The van der Waals surface area contributed by atoms with E-state index >= 15 is 0 Å². The molecule has 0 saturated carbocycles. The van der Waals surface area contributed by atoms with E-state index in [-0.39, 0.29) is 12.4 Å². The fourth-order valence-electron chi connectivity index (χ4n) is 4.67. The van der Waals surface area contributed by atoms with E-state index in [9.17, 15) is 5.11 Å². The Balaban J connectivity index is 1.82. The highest BCUT2D eigenvalue weighted by molar-refractivity contribution is 5.01. The van der Waals surface area contributed by atoms with Crippen molar-refractivity contribution in [3.63, 3.8) is 0 Å². The zero-order valence-electron chi connectivity index (χ0n) is 25.9. The minimum Gasteiger partial charge on any atom is -0.393 e. The van der Waals surface area contributed by atoms with E-state index in [2.05, 4.69) is 79.8 Å². The largest absolute Gasteiger partial charge is 0.393 e. The fourth-order valence-corrected chi connectivity index (χ4v) is 4.67. The van der Waals surface area contributed by atoms with Gasteiger partial charge in [-0.25, -0.2) is 0 Å². The molecule has 2 atom stereocenters. The van der Waals surface area contributed by atoms with Gasteiger partial charge in [0.25, 0.3) is 0 Å². The number of aliphatic hydroxyl groups excluding tert-OH is 1. The Hall–Kier alpha value is -1.68. The first-order valence-electron chi connectivity index (χ1n) is 16.6. The molecule has 228 valence electrons. The number of hydrogen-bond donors (Lipinski definition) is 1. The van der Waals surface area contributed by atoms with Crippen LogP contribution in [-0.4, -0.2) is 30.7 Å². The number of aliphatic hydroxyl groups is 1. The van der Waals surface area contributed by atoms with Crippen molar-refractivity contribution < 1.29 is 14.6 Å². The average Bonchev–Trinajstić information content (AvgIpc) is 2.97. The molecule has 0 radical (unpaired) electrons. The maximum absolute atomic E-state index is 10.2. The van der Waals surface area contributed by atoms with E-state index in [0.717, 1.165) is 90.3 Å². The number of allylic oxidation sites excluding steroid dienone is 12. The molecule has 3 nitrogen and oxygen atoms in total. The SMILES string of the molecule is CC/C=C\C/C=C\C/C=C\C/C=C\C/C=C\C/C=C\CCC(O)CCCCCCCCCCOC1CCCCO1. The molecular formula is C37H62O3. The quantitative estimate of drug-likeness (QED) is 0.0853. The highest BCUT2D eigenvalue weighted by atomic mass is 16.7. The van der Waals surface area contributed by atoms with Crippen LogP contribution in [0.5, 0.6) is 0 Å². The van der Waals surface area contributed by atoms with Crippen molar-refractivity contribution in [3.8, 4) is 0 Å². The molecule has 1 aliphatic rings. The number of rotatable bonds is 26. The van der Waals surface area contributed by atoms with Crippen LogP contribution in [0.3, 0.4) is 0 Å². The lowest BCUT2D eigenvalue weighted by molar-refractivity contribution is -0.162. The lowest BCUT2D eigenvalue weighted by Crippen LogP contribution is -2.22. The standard InChI is InChI=1S/C37H62O3/c1-2-3-4-5-6-7-8-9-10-11-12-13-14-15-16-17-20-23-26-31-36(38)32-27-24-21-18-19-22-25-29-34-39-37-33-28-30-35-40-37/h3-4,6-7,9-10,12-13,15-16,20,23,36-38H,2,5,8,11,14,17-19,21-22,24-35H2,1H3/b4-3-,7-6-,10-9-,13-12-,16-15-,23-20-. The van der Waals surface area contributed by atoms with E-state index in [0.29, 0.717) is 0 Å². The number of ether oxygens (including phenoxy) is 2. The highest BCUT2D eigenvalue weighted by Gasteiger charge is 2.13. The molecule has 0 amide bonds. The van der Waals surface area contributed by atoms with Gasteiger partial charge in [-0.3, -0.25) is 0 Å². The van der Waals surface area contributed by atoms with Gasteiger partial charge in [0.2, 0.25) is 0 Å². The smallest absolute Gasteiger partial charge is 0.157 e. The third-order valence-corrected chi connectivity index (χ3v) is 7.14. The van der Waals surface area contributed by atoms with Crippen molar-refractivity contribution in [2.75, 3.05) is 13.2 Å². The molecule has 0 aromatic carbocycles. The van der Waals surface area contributed by atoms with Crippen molar-refractivity contribution >= 4 is 0 Å². The summed E-state index contributed by atoms with van der Waals surface area (Å²) in [6, 6.07) is 0. The number of unbranched alkanes of at least 4 members (excludes halogenated alkanes) is 7. The lowest BCUT2D eigenvalue weighted by Gasteiger charge is -2.22. The minimum absolute atomic E-state index is 0.0646.